The smallest absolute Gasteiger partial charge is 0.0470 e. The number of rotatable bonds is 8. The summed E-state index contributed by atoms with van der Waals surface area (Å²) in [5, 5.41) is 9.56. The third kappa shape index (κ3) is 3.13. The second-order valence-corrected chi connectivity index (χ2v) is 5.77. The van der Waals surface area contributed by atoms with Crippen LogP contribution in [0.2, 0.25) is 0 Å². The van der Waals surface area contributed by atoms with E-state index in [1.807, 2.05) is 0 Å². The van der Waals surface area contributed by atoms with E-state index in [-0.39, 0.29) is 0 Å². The average molecular weight is 238 g/mol. The molecule has 0 aromatic rings. The second kappa shape index (κ2) is 6.58. The number of unbranched alkanes of at least 4 members (excludes halogenated alkanes) is 1. The average Bonchev–Trinajstić information content (AvgIpc) is 2.93. The molecule has 1 rings (SSSR count). The fourth-order valence-corrected chi connectivity index (χ4v) is 3.51. The molecule has 0 heterocycles. The van der Waals surface area contributed by atoms with Gasteiger partial charge in [-0.15, -0.1) is 0 Å². The Kier molecular flexibility index (Phi) is 5.72. The van der Waals surface area contributed by atoms with Gasteiger partial charge < -0.3 is 5.11 Å². The van der Waals surface area contributed by atoms with Crippen LogP contribution < -0.4 is 0 Å². The zero-order chi connectivity index (χ0) is 12.9. The lowest BCUT2D eigenvalue weighted by atomic mass is 9.91. The molecule has 0 bridgehead atoms. The molecule has 1 N–H and O–H groups in total. The summed E-state index contributed by atoms with van der Waals surface area (Å²) >= 11 is 0. The molecule has 1 saturated carbocycles. The zero-order valence-electron chi connectivity index (χ0n) is 12.1. The number of hydrogen-bond donors (Lipinski definition) is 1. The highest BCUT2D eigenvalue weighted by Gasteiger charge is 2.60. The molecule has 100 valence electrons. The van der Waals surface area contributed by atoms with Crippen LogP contribution in [0.5, 0.6) is 0 Å². The van der Waals surface area contributed by atoms with Crippen LogP contribution in [0, 0.1) is 17.3 Å². The summed E-state index contributed by atoms with van der Waals surface area (Å²) in [6.07, 6.45) is 10.00. The first-order valence-electron chi connectivity index (χ1n) is 7.44. The lowest BCUT2D eigenvalue weighted by Crippen LogP contribution is -2.05. The normalized spacial score (nSPS) is 32.9. The number of hydrogen-bond acceptors (Lipinski definition) is 1. The molecule has 0 aromatic carbocycles. The molecule has 0 saturated heterocycles. The molecule has 1 fully saturated rings. The quantitative estimate of drug-likeness (QED) is 0.615. The van der Waals surface area contributed by atoms with E-state index in [0.29, 0.717) is 23.9 Å². The predicted molar refractivity (Wildman–Crippen MR) is 75.0 cm³/mol. The third-order valence-electron chi connectivity index (χ3n) is 4.69. The van der Waals surface area contributed by atoms with Crippen molar-refractivity contribution in [2.75, 3.05) is 6.61 Å². The van der Waals surface area contributed by atoms with E-state index in [4.69, 9.17) is 0 Å². The Bertz CT molecular complexity index is 256. The van der Waals surface area contributed by atoms with Gasteiger partial charge in [0.05, 0.1) is 0 Å². The lowest BCUT2D eigenvalue weighted by Gasteiger charge is -2.14. The Balaban J connectivity index is 2.68. The number of aliphatic hydroxyl groups is 1. The van der Waals surface area contributed by atoms with Crippen molar-refractivity contribution in [3.63, 3.8) is 0 Å². The van der Waals surface area contributed by atoms with E-state index in [1.165, 1.54) is 44.1 Å². The molecule has 0 spiro atoms. The minimum Gasteiger partial charge on any atom is -0.396 e. The first kappa shape index (κ1) is 14.8. The molecule has 1 aliphatic carbocycles. The molecule has 0 aliphatic heterocycles. The van der Waals surface area contributed by atoms with E-state index < -0.39 is 0 Å². The van der Waals surface area contributed by atoms with Gasteiger partial charge in [0.15, 0.2) is 0 Å². The van der Waals surface area contributed by atoms with E-state index >= 15 is 0 Å². The van der Waals surface area contributed by atoms with Crippen LogP contribution in [0.4, 0.5) is 0 Å². The maximum atomic E-state index is 9.56. The molecule has 0 amide bonds. The predicted octanol–water partition coefficient (Wildman–Crippen LogP) is 4.56. The summed E-state index contributed by atoms with van der Waals surface area (Å²) in [7, 11) is 0. The van der Waals surface area contributed by atoms with Gasteiger partial charge in [-0.3, -0.25) is 0 Å². The van der Waals surface area contributed by atoms with Gasteiger partial charge in [-0.1, -0.05) is 51.7 Å². The molecule has 17 heavy (non-hydrogen) atoms. The highest BCUT2D eigenvalue weighted by Crippen LogP contribution is 2.64. The SMILES string of the molecule is CCCC[C@@]1(CC)[C@H](/C=C(/C)CCC)[C@@H]1CO. The van der Waals surface area contributed by atoms with Crippen molar-refractivity contribution in [3.8, 4) is 0 Å². The van der Waals surface area contributed by atoms with Crippen molar-refractivity contribution in [1.82, 2.24) is 0 Å². The zero-order valence-corrected chi connectivity index (χ0v) is 12.1. The summed E-state index contributed by atoms with van der Waals surface area (Å²) in [6.45, 7) is 9.40. The molecule has 1 aliphatic rings. The van der Waals surface area contributed by atoms with Crippen LogP contribution in [-0.4, -0.2) is 11.7 Å². The van der Waals surface area contributed by atoms with Crippen LogP contribution in [0.15, 0.2) is 11.6 Å². The Morgan fingerprint density at radius 1 is 1.24 bits per heavy atom. The van der Waals surface area contributed by atoms with Gasteiger partial charge in [-0.05, 0) is 43.4 Å². The van der Waals surface area contributed by atoms with Gasteiger partial charge in [0, 0.05) is 6.61 Å². The topological polar surface area (TPSA) is 20.2 Å². The molecule has 0 radical (unpaired) electrons. The molecule has 0 aromatic heterocycles. The highest BCUT2D eigenvalue weighted by atomic mass is 16.3. The van der Waals surface area contributed by atoms with Crippen molar-refractivity contribution in [2.45, 2.75) is 66.2 Å². The lowest BCUT2D eigenvalue weighted by molar-refractivity contribution is 0.239. The fourth-order valence-electron chi connectivity index (χ4n) is 3.51. The first-order valence-corrected chi connectivity index (χ1v) is 7.44. The van der Waals surface area contributed by atoms with Crippen LogP contribution in [0.25, 0.3) is 0 Å². The highest BCUT2D eigenvalue weighted by molar-refractivity contribution is 5.20. The fraction of sp³-hybridized carbons (Fsp3) is 0.875. The number of allylic oxidation sites excluding steroid dienone is 2. The van der Waals surface area contributed by atoms with Crippen LogP contribution in [-0.2, 0) is 0 Å². The van der Waals surface area contributed by atoms with Crippen molar-refractivity contribution in [3.05, 3.63) is 11.6 Å². The van der Waals surface area contributed by atoms with Gasteiger partial charge >= 0.3 is 0 Å². The van der Waals surface area contributed by atoms with Crippen molar-refractivity contribution >= 4 is 0 Å². The maximum absolute atomic E-state index is 9.56. The van der Waals surface area contributed by atoms with Gasteiger partial charge in [-0.25, -0.2) is 0 Å². The summed E-state index contributed by atoms with van der Waals surface area (Å²) in [5.74, 6) is 1.18. The van der Waals surface area contributed by atoms with Gasteiger partial charge in [0.2, 0.25) is 0 Å². The summed E-state index contributed by atoms with van der Waals surface area (Å²) in [5.41, 5.74) is 1.95. The largest absolute Gasteiger partial charge is 0.396 e. The molecular weight excluding hydrogens is 208 g/mol. The monoisotopic (exact) mass is 238 g/mol. The molecule has 0 unspecified atom stereocenters. The minimum atomic E-state index is 0.373. The molecule has 1 heteroatoms. The van der Waals surface area contributed by atoms with Crippen molar-refractivity contribution in [2.24, 2.45) is 17.3 Å². The van der Waals surface area contributed by atoms with Crippen LogP contribution in [0.3, 0.4) is 0 Å². The van der Waals surface area contributed by atoms with E-state index in [1.54, 1.807) is 0 Å². The van der Waals surface area contributed by atoms with Crippen LogP contribution >= 0.6 is 0 Å². The van der Waals surface area contributed by atoms with E-state index in [9.17, 15) is 5.11 Å². The summed E-state index contributed by atoms with van der Waals surface area (Å²) in [4.78, 5) is 0. The standard InChI is InChI=1S/C16H30O/c1-5-8-10-16(7-3)14(15(16)12-17)11-13(4)9-6-2/h11,14-15,17H,5-10,12H2,1-4H3/b13-11-/t14-,15+,16+/m1/s1. The summed E-state index contributed by atoms with van der Waals surface area (Å²) in [6, 6.07) is 0. The van der Waals surface area contributed by atoms with E-state index in [2.05, 4.69) is 33.8 Å². The van der Waals surface area contributed by atoms with Gasteiger partial charge in [0.1, 0.15) is 0 Å². The Hall–Kier alpha value is -0.300. The maximum Gasteiger partial charge on any atom is 0.0470 e. The summed E-state index contributed by atoms with van der Waals surface area (Å²) < 4.78 is 0. The van der Waals surface area contributed by atoms with Gasteiger partial charge in [0.25, 0.3) is 0 Å². The number of aliphatic hydroxyl groups excluding tert-OH is 1. The second-order valence-electron chi connectivity index (χ2n) is 5.77. The van der Waals surface area contributed by atoms with Crippen molar-refractivity contribution < 1.29 is 5.11 Å². The Labute approximate surface area is 107 Å². The third-order valence-corrected chi connectivity index (χ3v) is 4.69. The Morgan fingerprint density at radius 3 is 2.41 bits per heavy atom. The van der Waals surface area contributed by atoms with Crippen LogP contribution in [0.1, 0.15) is 66.2 Å². The molecule has 1 nitrogen and oxygen atoms in total. The van der Waals surface area contributed by atoms with Gasteiger partial charge in [-0.2, -0.15) is 0 Å². The molecular formula is C16H30O. The van der Waals surface area contributed by atoms with Crippen molar-refractivity contribution in [1.29, 1.82) is 0 Å². The molecule has 3 atom stereocenters. The first-order chi connectivity index (χ1) is 8.16. The van der Waals surface area contributed by atoms with E-state index in [0.717, 1.165) is 0 Å². The Morgan fingerprint density at radius 2 is 1.94 bits per heavy atom. The minimum absolute atomic E-state index is 0.373.